The first-order valence-electron chi connectivity index (χ1n) is 6.84. The summed E-state index contributed by atoms with van der Waals surface area (Å²) in [6.45, 7) is 4.09. The summed E-state index contributed by atoms with van der Waals surface area (Å²) in [6.07, 6.45) is 2.14. The second-order valence-corrected chi connectivity index (χ2v) is 5.05. The van der Waals surface area contributed by atoms with Crippen LogP contribution in [0, 0.1) is 0 Å². The zero-order valence-corrected chi connectivity index (χ0v) is 12.8. The van der Waals surface area contributed by atoms with E-state index in [4.69, 9.17) is 9.47 Å². The van der Waals surface area contributed by atoms with E-state index < -0.39 is 0 Å². The van der Waals surface area contributed by atoms with E-state index in [9.17, 15) is 4.79 Å². The van der Waals surface area contributed by atoms with Crippen molar-refractivity contribution in [1.82, 2.24) is 9.78 Å². The lowest BCUT2D eigenvalue weighted by atomic mass is 10.1. The molecule has 5 nitrogen and oxygen atoms in total. The molecule has 0 spiro atoms. The quantitative estimate of drug-likeness (QED) is 0.767. The Morgan fingerprint density at radius 2 is 2.00 bits per heavy atom. The average Bonchev–Trinajstić information content (AvgIpc) is 2.95. The summed E-state index contributed by atoms with van der Waals surface area (Å²) in [7, 11) is 3.12. The number of Topliss-reactive ketones (excluding diaryl/α,β-unsaturated/α-hetero) is 1. The molecule has 21 heavy (non-hydrogen) atoms. The van der Waals surface area contributed by atoms with E-state index in [0.717, 1.165) is 5.69 Å². The maximum Gasteiger partial charge on any atom is 0.172 e. The Bertz CT molecular complexity index is 632. The zero-order chi connectivity index (χ0) is 15.4. The molecule has 1 heterocycles. The van der Waals surface area contributed by atoms with Crippen LogP contribution in [0.25, 0.3) is 0 Å². The molecule has 0 amide bonds. The Kier molecular flexibility index (Phi) is 4.62. The van der Waals surface area contributed by atoms with Crippen molar-refractivity contribution in [2.24, 2.45) is 0 Å². The van der Waals surface area contributed by atoms with Gasteiger partial charge in [-0.25, -0.2) is 0 Å². The van der Waals surface area contributed by atoms with Crippen molar-refractivity contribution < 1.29 is 14.3 Å². The molecule has 0 bridgehead atoms. The fourth-order valence-electron chi connectivity index (χ4n) is 2.05. The molecule has 112 valence electrons. The minimum atomic E-state index is -0.0245. The van der Waals surface area contributed by atoms with E-state index in [1.54, 1.807) is 32.4 Å². The monoisotopic (exact) mass is 288 g/mol. The van der Waals surface area contributed by atoms with Crippen molar-refractivity contribution in [3.05, 3.63) is 41.7 Å². The summed E-state index contributed by atoms with van der Waals surface area (Å²) in [4.78, 5) is 12.4. The first kappa shape index (κ1) is 15.1. The SMILES string of the molecule is COc1ccc(C(=O)Cc2ccn(C(C)C)n2)c(OC)c1. The van der Waals surface area contributed by atoms with Crippen molar-refractivity contribution in [3.63, 3.8) is 0 Å². The number of carbonyl (C=O) groups excluding carboxylic acids is 1. The van der Waals surface area contributed by atoms with Gasteiger partial charge in [-0.1, -0.05) is 0 Å². The van der Waals surface area contributed by atoms with Gasteiger partial charge in [-0.05, 0) is 32.0 Å². The molecule has 0 N–H and O–H groups in total. The van der Waals surface area contributed by atoms with Gasteiger partial charge in [0.05, 0.1) is 31.9 Å². The molecule has 1 aromatic carbocycles. The Morgan fingerprint density at radius 3 is 2.57 bits per heavy atom. The van der Waals surface area contributed by atoms with Crippen molar-refractivity contribution in [3.8, 4) is 11.5 Å². The second kappa shape index (κ2) is 6.43. The summed E-state index contributed by atoms with van der Waals surface area (Å²) >= 11 is 0. The van der Waals surface area contributed by atoms with Crippen molar-refractivity contribution >= 4 is 5.78 Å². The Labute approximate surface area is 124 Å². The van der Waals surface area contributed by atoms with Crippen LogP contribution in [0.15, 0.2) is 30.5 Å². The van der Waals surface area contributed by atoms with Gasteiger partial charge in [0.15, 0.2) is 5.78 Å². The van der Waals surface area contributed by atoms with E-state index in [1.807, 2.05) is 30.8 Å². The normalized spacial score (nSPS) is 10.7. The Hall–Kier alpha value is -2.30. The van der Waals surface area contributed by atoms with Gasteiger partial charge < -0.3 is 9.47 Å². The fourth-order valence-corrected chi connectivity index (χ4v) is 2.05. The molecule has 1 aromatic heterocycles. The van der Waals surface area contributed by atoms with Crippen LogP contribution in [0.2, 0.25) is 0 Å². The maximum absolute atomic E-state index is 12.4. The number of benzene rings is 1. The van der Waals surface area contributed by atoms with Crippen LogP contribution >= 0.6 is 0 Å². The first-order valence-corrected chi connectivity index (χ1v) is 6.84. The predicted octanol–water partition coefficient (Wildman–Crippen LogP) is 2.91. The molecule has 0 atom stereocenters. The number of aromatic nitrogens is 2. The minimum Gasteiger partial charge on any atom is -0.497 e. The van der Waals surface area contributed by atoms with Crippen LogP contribution in [-0.2, 0) is 6.42 Å². The lowest BCUT2D eigenvalue weighted by molar-refractivity contribution is 0.0988. The summed E-state index contributed by atoms with van der Waals surface area (Å²) in [5, 5.41) is 4.39. The van der Waals surface area contributed by atoms with E-state index in [0.29, 0.717) is 17.1 Å². The number of ketones is 1. The molecule has 5 heteroatoms. The Morgan fingerprint density at radius 1 is 1.24 bits per heavy atom. The van der Waals surface area contributed by atoms with E-state index in [1.165, 1.54) is 0 Å². The third-order valence-electron chi connectivity index (χ3n) is 3.24. The highest BCUT2D eigenvalue weighted by Crippen LogP contribution is 2.25. The zero-order valence-electron chi connectivity index (χ0n) is 12.8. The first-order chi connectivity index (χ1) is 10.0. The summed E-state index contributed by atoms with van der Waals surface area (Å²) < 4.78 is 12.2. The maximum atomic E-state index is 12.4. The fraction of sp³-hybridized carbons (Fsp3) is 0.375. The average molecular weight is 288 g/mol. The number of methoxy groups -OCH3 is 2. The topological polar surface area (TPSA) is 53.4 Å². The van der Waals surface area contributed by atoms with Crippen LogP contribution in [0.5, 0.6) is 11.5 Å². The molecule has 0 saturated heterocycles. The third-order valence-corrected chi connectivity index (χ3v) is 3.24. The minimum absolute atomic E-state index is 0.0245. The molecule has 0 saturated carbocycles. The van der Waals surface area contributed by atoms with Gasteiger partial charge in [-0.2, -0.15) is 5.10 Å². The van der Waals surface area contributed by atoms with Crippen LogP contribution in [0.4, 0.5) is 0 Å². The molecule has 0 fully saturated rings. The smallest absolute Gasteiger partial charge is 0.172 e. The predicted molar refractivity (Wildman–Crippen MR) is 80.2 cm³/mol. The number of hydrogen-bond donors (Lipinski definition) is 0. The standard InChI is InChI=1S/C16H20N2O3/c1-11(2)18-8-7-12(17-18)9-15(19)14-6-5-13(20-3)10-16(14)21-4/h5-8,10-11H,9H2,1-4H3. The van der Waals surface area contributed by atoms with E-state index in [2.05, 4.69) is 5.10 Å². The molecule has 2 aromatic rings. The largest absolute Gasteiger partial charge is 0.497 e. The van der Waals surface area contributed by atoms with E-state index in [-0.39, 0.29) is 18.2 Å². The van der Waals surface area contributed by atoms with Crippen LogP contribution < -0.4 is 9.47 Å². The van der Waals surface area contributed by atoms with Crippen molar-refractivity contribution in [2.45, 2.75) is 26.3 Å². The van der Waals surface area contributed by atoms with Gasteiger partial charge in [-0.3, -0.25) is 9.48 Å². The molecular weight excluding hydrogens is 268 g/mol. The number of hydrogen-bond acceptors (Lipinski definition) is 4. The van der Waals surface area contributed by atoms with Gasteiger partial charge >= 0.3 is 0 Å². The van der Waals surface area contributed by atoms with Gasteiger partial charge in [-0.15, -0.1) is 0 Å². The number of ether oxygens (including phenoxy) is 2. The Balaban J connectivity index is 2.19. The van der Waals surface area contributed by atoms with Gasteiger partial charge in [0, 0.05) is 18.3 Å². The van der Waals surface area contributed by atoms with Gasteiger partial charge in [0.25, 0.3) is 0 Å². The molecule has 0 aliphatic carbocycles. The molecular formula is C16H20N2O3. The molecule has 2 rings (SSSR count). The summed E-state index contributed by atoms with van der Waals surface area (Å²) in [5.41, 5.74) is 1.30. The van der Waals surface area contributed by atoms with Gasteiger partial charge in [0.2, 0.25) is 0 Å². The molecule has 0 unspecified atom stereocenters. The van der Waals surface area contributed by atoms with Crippen LogP contribution in [-0.4, -0.2) is 29.8 Å². The highest BCUT2D eigenvalue weighted by Gasteiger charge is 2.15. The highest BCUT2D eigenvalue weighted by atomic mass is 16.5. The lowest BCUT2D eigenvalue weighted by Gasteiger charge is -2.09. The summed E-state index contributed by atoms with van der Waals surface area (Å²) in [5.74, 6) is 1.15. The summed E-state index contributed by atoms with van der Waals surface area (Å²) in [6, 6.07) is 7.33. The third kappa shape index (κ3) is 3.42. The molecule has 0 aliphatic rings. The number of nitrogens with zero attached hydrogens (tertiary/aromatic N) is 2. The van der Waals surface area contributed by atoms with Crippen molar-refractivity contribution in [2.75, 3.05) is 14.2 Å². The van der Waals surface area contributed by atoms with E-state index >= 15 is 0 Å². The van der Waals surface area contributed by atoms with Gasteiger partial charge in [0.1, 0.15) is 11.5 Å². The molecule has 0 aliphatic heterocycles. The lowest BCUT2D eigenvalue weighted by Crippen LogP contribution is -2.08. The van der Waals surface area contributed by atoms with Crippen LogP contribution in [0.1, 0.15) is 35.9 Å². The highest BCUT2D eigenvalue weighted by molar-refractivity contribution is 6.00. The van der Waals surface area contributed by atoms with Crippen LogP contribution in [0.3, 0.4) is 0 Å². The molecule has 0 radical (unpaired) electrons. The van der Waals surface area contributed by atoms with Crippen molar-refractivity contribution in [1.29, 1.82) is 0 Å². The number of rotatable bonds is 6. The number of carbonyl (C=O) groups is 1. The second-order valence-electron chi connectivity index (χ2n) is 5.05.